The van der Waals surface area contributed by atoms with Crippen LogP contribution in [0, 0.1) is 6.92 Å². The molecule has 0 spiro atoms. The first kappa shape index (κ1) is 24.3. The predicted molar refractivity (Wildman–Crippen MR) is 146 cm³/mol. The number of aryl methyl sites for hydroxylation is 2. The van der Waals surface area contributed by atoms with Crippen LogP contribution in [-0.4, -0.2) is 0 Å². The van der Waals surface area contributed by atoms with Crippen molar-refractivity contribution in [2.75, 3.05) is 0 Å². The van der Waals surface area contributed by atoms with Crippen molar-refractivity contribution >= 4 is 11.6 Å². The van der Waals surface area contributed by atoms with E-state index in [1.54, 1.807) is 0 Å². The molecule has 0 fully saturated rings. The largest absolute Gasteiger partial charge is 0.0995 e. The molecule has 33 heavy (non-hydrogen) atoms. The van der Waals surface area contributed by atoms with E-state index in [0.717, 1.165) is 31.3 Å². The summed E-state index contributed by atoms with van der Waals surface area (Å²) in [5, 5.41) is 0. The third-order valence-corrected chi connectivity index (χ3v) is 6.29. The topological polar surface area (TPSA) is 0 Å². The fraction of sp³-hybridized carbons (Fsp3) is 0.212. The van der Waals surface area contributed by atoms with Gasteiger partial charge in [0, 0.05) is 5.92 Å². The van der Waals surface area contributed by atoms with Crippen LogP contribution in [0.15, 0.2) is 116 Å². The van der Waals surface area contributed by atoms with Crippen LogP contribution in [0.3, 0.4) is 0 Å². The van der Waals surface area contributed by atoms with Crippen molar-refractivity contribution in [1.82, 2.24) is 0 Å². The van der Waals surface area contributed by atoms with Crippen LogP contribution < -0.4 is 0 Å². The van der Waals surface area contributed by atoms with Crippen molar-refractivity contribution in [3.05, 3.63) is 144 Å². The molecule has 0 nitrogen and oxygen atoms in total. The molecule has 0 heterocycles. The minimum atomic E-state index is 0.108. The van der Waals surface area contributed by atoms with Gasteiger partial charge in [-0.2, -0.15) is 0 Å². The van der Waals surface area contributed by atoms with Crippen LogP contribution in [-0.2, 0) is 6.42 Å². The Morgan fingerprint density at radius 3 is 2.18 bits per heavy atom. The van der Waals surface area contributed by atoms with E-state index in [0.29, 0.717) is 0 Å². The van der Waals surface area contributed by atoms with Gasteiger partial charge in [-0.15, -0.1) is 0 Å². The Morgan fingerprint density at radius 1 is 0.848 bits per heavy atom. The van der Waals surface area contributed by atoms with E-state index >= 15 is 0 Å². The molecular formula is C33H36. The van der Waals surface area contributed by atoms with Gasteiger partial charge in [0.25, 0.3) is 0 Å². The van der Waals surface area contributed by atoms with Gasteiger partial charge < -0.3 is 0 Å². The molecule has 3 aromatic rings. The molecule has 3 rings (SSSR count). The van der Waals surface area contributed by atoms with Gasteiger partial charge in [0.05, 0.1) is 0 Å². The molecule has 0 aliphatic rings. The van der Waals surface area contributed by atoms with E-state index in [4.69, 9.17) is 0 Å². The van der Waals surface area contributed by atoms with Gasteiger partial charge in [-0.1, -0.05) is 129 Å². The van der Waals surface area contributed by atoms with Crippen LogP contribution in [0.4, 0.5) is 0 Å². The van der Waals surface area contributed by atoms with Gasteiger partial charge in [-0.25, -0.2) is 0 Å². The van der Waals surface area contributed by atoms with Crippen LogP contribution in [0.1, 0.15) is 59.9 Å². The average Bonchev–Trinajstić information content (AvgIpc) is 2.85. The van der Waals surface area contributed by atoms with Crippen molar-refractivity contribution in [1.29, 1.82) is 0 Å². The summed E-state index contributed by atoms with van der Waals surface area (Å²) >= 11 is 0. The monoisotopic (exact) mass is 432 g/mol. The number of rotatable bonds is 11. The van der Waals surface area contributed by atoms with Crippen molar-refractivity contribution in [3.8, 4) is 0 Å². The zero-order chi connectivity index (χ0) is 23.6. The highest BCUT2D eigenvalue weighted by Crippen LogP contribution is 2.38. The lowest BCUT2D eigenvalue weighted by Crippen LogP contribution is -2.05. The maximum Gasteiger partial charge on any atom is 0.0296 e. The quantitative estimate of drug-likeness (QED) is 0.265. The summed E-state index contributed by atoms with van der Waals surface area (Å²) in [5.74, 6) is 0.108. The Hall–Kier alpha value is -3.38. The van der Waals surface area contributed by atoms with E-state index in [1.165, 1.54) is 39.0 Å². The zero-order valence-electron chi connectivity index (χ0n) is 20.2. The summed E-state index contributed by atoms with van der Waals surface area (Å²) < 4.78 is 0. The van der Waals surface area contributed by atoms with Crippen molar-refractivity contribution in [2.24, 2.45) is 0 Å². The van der Waals surface area contributed by atoms with E-state index in [-0.39, 0.29) is 5.92 Å². The van der Waals surface area contributed by atoms with Crippen LogP contribution in [0.5, 0.6) is 0 Å². The highest BCUT2D eigenvalue weighted by molar-refractivity contribution is 5.72. The third kappa shape index (κ3) is 6.80. The van der Waals surface area contributed by atoms with Crippen LogP contribution >= 0.6 is 0 Å². The molecule has 0 saturated heterocycles. The summed E-state index contributed by atoms with van der Waals surface area (Å²) in [4.78, 5) is 0. The molecule has 0 N–H and O–H groups in total. The SMILES string of the molecule is C=C(CC=Cc1cc(CC)ccc1C)CCC(=C)C(C(=C)c1ccccc1)c1ccccc1. The highest BCUT2D eigenvalue weighted by atomic mass is 14.2. The fourth-order valence-corrected chi connectivity index (χ4v) is 4.17. The molecule has 0 bridgehead atoms. The molecule has 0 amide bonds. The van der Waals surface area contributed by atoms with Crippen molar-refractivity contribution < 1.29 is 0 Å². The first-order valence-corrected chi connectivity index (χ1v) is 11.9. The Bertz CT molecular complexity index is 1110. The Kier molecular flexibility index (Phi) is 8.84. The summed E-state index contributed by atoms with van der Waals surface area (Å²) in [6.07, 6.45) is 8.26. The average molecular weight is 433 g/mol. The first-order chi connectivity index (χ1) is 16.0. The summed E-state index contributed by atoms with van der Waals surface area (Å²) in [6.45, 7) is 17.6. The number of hydrogen-bond acceptors (Lipinski definition) is 0. The number of benzene rings is 3. The Balaban J connectivity index is 1.64. The highest BCUT2D eigenvalue weighted by Gasteiger charge is 2.19. The van der Waals surface area contributed by atoms with E-state index in [2.05, 4.69) is 119 Å². The molecule has 0 saturated carbocycles. The lowest BCUT2D eigenvalue weighted by Gasteiger charge is -2.23. The van der Waals surface area contributed by atoms with Gasteiger partial charge in [-0.3, -0.25) is 0 Å². The van der Waals surface area contributed by atoms with Gasteiger partial charge in [-0.05, 0) is 66.0 Å². The zero-order valence-corrected chi connectivity index (χ0v) is 20.2. The van der Waals surface area contributed by atoms with Gasteiger partial charge in [0.2, 0.25) is 0 Å². The molecule has 0 aromatic heterocycles. The molecule has 0 heteroatoms. The van der Waals surface area contributed by atoms with Gasteiger partial charge in [0.1, 0.15) is 0 Å². The van der Waals surface area contributed by atoms with E-state index in [9.17, 15) is 0 Å². The van der Waals surface area contributed by atoms with Crippen LogP contribution in [0.25, 0.3) is 11.6 Å². The third-order valence-electron chi connectivity index (χ3n) is 6.29. The molecule has 1 unspecified atom stereocenters. The molecule has 168 valence electrons. The summed E-state index contributed by atoms with van der Waals surface area (Å²) in [5.41, 5.74) is 9.92. The minimum Gasteiger partial charge on any atom is -0.0995 e. The molecule has 1 atom stereocenters. The standard InChI is InChI=1S/C33H36/c1-6-29-23-22-26(3)32(24-29)19-13-14-25(2)20-21-27(4)33(31-17-11-8-12-18-31)28(5)30-15-9-7-10-16-30/h7-13,15-19,22-24,33H,2,4-6,14,20-21H2,1,3H3. The normalized spacial score (nSPS) is 11.9. The number of allylic oxidation sites excluding steroid dienone is 4. The Morgan fingerprint density at radius 2 is 1.52 bits per heavy atom. The molecule has 0 radical (unpaired) electrons. The maximum absolute atomic E-state index is 4.49. The van der Waals surface area contributed by atoms with E-state index in [1.807, 2.05) is 6.07 Å². The molecule has 0 aliphatic heterocycles. The van der Waals surface area contributed by atoms with Crippen molar-refractivity contribution in [3.63, 3.8) is 0 Å². The minimum absolute atomic E-state index is 0.108. The lowest BCUT2D eigenvalue weighted by atomic mass is 9.81. The lowest BCUT2D eigenvalue weighted by molar-refractivity contribution is 0.842. The predicted octanol–water partition coefficient (Wildman–Crippen LogP) is 9.35. The fourth-order valence-electron chi connectivity index (χ4n) is 4.17. The van der Waals surface area contributed by atoms with Crippen LogP contribution in [0.2, 0.25) is 0 Å². The second kappa shape index (κ2) is 12.0. The number of hydrogen-bond donors (Lipinski definition) is 0. The first-order valence-electron chi connectivity index (χ1n) is 11.9. The second-order valence-corrected chi connectivity index (χ2v) is 8.79. The Labute approximate surface area is 200 Å². The van der Waals surface area contributed by atoms with E-state index < -0.39 is 0 Å². The van der Waals surface area contributed by atoms with Gasteiger partial charge >= 0.3 is 0 Å². The second-order valence-electron chi connectivity index (χ2n) is 8.79. The summed E-state index contributed by atoms with van der Waals surface area (Å²) in [6, 6.07) is 27.7. The molecular weight excluding hydrogens is 396 g/mol. The smallest absolute Gasteiger partial charge is 0.0296 e. The molecule has 0 aliphatic carbocycles. The maximum atomic E-state index is 4.49. The molecule has 3 aromatic carbocycles. The summed E-state index contributed by atoms with van der Waals surface area (Å²) in [7, 11) is 0. The van der Waals surface area contributed by atoms with Gasteiger partial charge in [0.15, 0.2) is 0 Å². The van der Waals surface area contributed by atoms with Crippen molar-refractivity contribution in [2.45, 2.75) is 45.4 Å².